The summed E-state index contributed by atoms with van der Waals surface area (Å²) in [7, 11) is 0. The lowest BCUT2D eigenvalue weighted by atomic mass is 10.0. The van der Waals surface area contributed by atoms with Crippen molar-refractivity contribution in [2.75, 3.05) is 25.4 Å². The van der Waals surface area contributed by atoms with Gasteiger partial charge in [-0.2, -0.15) is 5.26 Å². The Hall–Kier alpha value is -1.43. The number of thiophene rings is 2. The Morgan fingerprint density at radius 3 is 3.13 bits per heavy atom. The molecule has 0 amide bonds. The lowest BCUT2D eigenvalue weighted by Gasteiger charge is -2.28. The number of hydrogen-bond acceptors (Lipinski definition) is 7. The zero-order chi connectivity index (χ0) is 16.2. The third-order valence-corrected chi connectivity index (χ3v) is 5.77. The number of hydrogen-bond donors (Lipinski definition) is 2. The van der Waals surface area contributed by atoms with E-state index in [-0.39, 0.29) is 0 Å². The summed E-state index contributed by atoms with van der Waals surface area (Å²) in [6.07, 6.45) is 0.304. The van der Waals surface area contributed by atoms with Gasteiger partial charge in [0.1, 0.15) is 11.1 Å². The van der Waals surface area contributed by atoms with E-state index in [2.05, 4.69) is 11.0 Å². The number of nitrogens with two attached hydrogens (primary N) is 1. The lowest BCUT2D eigenvalue weighted by molar-refractivity contribution is 0.00872. The quantitative estimate of drug-likeness (QED) is 0.835. The van der Waals surface area contributed by atoms with Crippen LogP contribution in [-0.4, -0.2) is 35.8 Å². The van der Waals surface area contributed by atoms with Crippen LogP contribution in [0, 0.1) is 11.3 Å². The number of anilines is 1. The van der Waals surface area contributed by atoms with Gasteiger partial charge in [0, 0.05) is 29.4 Å². The van der Waals surface area contributed by atoms with E-state index in [9.17, 15) is 5.11 Å². The summed E-state index contributed by atoms with van der Waals surface area (Å²) in [5, 5.41) is 21.9. The van der Waals surface area contributed by atoms with Crippen LogP contribution >= 0.6 is 22.7 Å². The molecule has 3 rings (SSSR count). The molecule has 2 aromatic heterocycles. The second kappa shape index (κ2) is 7.43. The van der Waals surface area contributed by atoms with Gasteiger partial charge in [0.15, 0.2) is 0 Å². The molecule has 0 bridgehead atoms. The highest BCUT2D eigenvalue weighted by molar-refractivity contribution is 7.16. The summed E-state index contributed by atoms with van der Waals surface area (Å²) < 4.78 is 5.56. The van der Waals surface area contributed by atoms with Gasteiger partial charge in [0.25, 0.3) is 0 Å². The minimum atomic E-state index is -0.510. The molecule has 1 unspecified atom stereocenters. The van der Waals surface area contributed by atoms with Crippen molar-refractivity contribution in [3.05, 3.63) is 38.4 Å². The molecule has 122 valence electrons. The Morgan fingerprint density at radius 2 is 2.39 bits per heavy atom. The molecule has 3 heterocycles. The molecule has 0 spiro atoms. The zero-order valence-electron chi connectivity index (χ0n) is 12.7. The van der Waals surface area contributed by atoms with E-state index in [0.29, 0.717) is 30.3 Å². The number of β-amino-alcohol motifs (C(OH)–C–C–N with tert-alkyl or cyclic N) is 1. The van der Waals surface area contributed by atoms with Crippen molar-refractivity contribution in [2.45, 2.75) is 25.7 Å². The van der Waals surface area contributed by atoms with Gasteiger partial charge < -0.3 is 15.6 Å². The number of aliphatic hydroxyl groups excluding tert-OH is 1. The maximum atomic E-state index is 10.1. The highest BCUT2D eigenvalue weighted by atomic mass is 32.1. The topological polar surface area (TPSA) is 82.5 Å². The first-order valence-corrected chi connectivity index (χ1v) is 9.17. The van der Waals surface area contributed by atoms with Crippen LogP contribution in [-0.2, 0) is 24.3 Å². The predicted molar refractivity (Wildman–Crippen MR) is 92.4 cm³/mol. The van der Waals surface area contributed by atoms with Crippen molar-refractivity contribution in [3.8, 4) is 6.07 Å². The highest BCUT2D eigenvalue weighted by Crippen LogP contribution is 2.34. The normalized spacial score (nSPS) is 16.0. The molecule has 0 saturated heterocycles. The van der Waals surface area contributed by atoms with Gasteiger partial charge in [-0.1, -0.05) is 6.07 Å². The van der Waals surface area contributed by atoms with Crippen molar-refractivity contribution < 1.29 is 9.84 Å². The van der Waals surface area contributed by atoms with E-state index in [1.54, 1.807) is 11.3 Å². The van der Waals surface area contributed by atoms with Crippen LogP contribution in [0.2, 0.25) is 0 Å². The summed E-state index contributed by atoms with van der Waals surface area (Å²) >= 11 is 3.14. The van der Waals surface area contributed by atoms with Gasteiger partial charge >= 0.3 is 0 Å². The number of aliphatic hydroxyl groups is 1. The van der Waals surface area contributed by atoms with Crippen molar-refractivity contribution >= 4 is 27.7 Å². The average molecular weight is 349 g/mol. The van der Waals surface area contributed by atoms with Crippen molar-refractivity contribution in [3.63, 3.8) is 0 Å². The molecular formula is C16H19N3O2S2. The first-order valence-electron chi connectivity index (χ1n) is 7.48. The second-order valence-corrected chi connectivity index (χ2v) is 7.76. The molecule has 0 saturated carbocycles. The second-order valence-electron chi connectivity index (χ2n) is 5.59. The molecule has 0 aliphatic carbocycles. The molecule has 23 heavy (non-hydrogen) atoms. The number of fused-ring (bicyclic) bond motifs is 1. The molecule has 5 nitrogen and oxygen atoms in total. The molecule has 2 aromatic rings. The van der Waals surface area contributed by atoms with Crippen molar-refractivity contribution in [2.24, 2.45) is 0 Å². The van der Waals surface area contributed by atoms with Gasteiger partial charge in [-0.25, -0.2) is 0 Å². The van der Waals surface area contributed by atoms with E-state index >= 15 is 0 Å². The van der Waals surface area contributed by atoms with Gasteiger partial charge in [0.05, 0.1) is 24.9 Å². The van der Waals surface area contributed by atoms with Gasteiger partial charge in [-0.15, -0.1) is 22.7 Å². The Balaban J connectivity index is 1.48. The minimum absolute atomic E-state index is 0.331. The van der Waals surface area contributed by atoms with Crippen LogP contribution in [0.5, 0.6) is 0 Å². The molecule has 0 aromatic carbocycles. The largest absolute Gasteiger partial charge is 0.389 e. The maximum absolute atomic E-state index is 10.1. The Morgan fingerprint density at radius 1 is 1.52 bits per heavy atom. The van der Waals surface area contributed by atoms with Crippen LogP contribution in [0.15, 0.2) is 17.5 Å². The first-order chi connectivity index (χ1) is 11.2. The fourth-order valence-electron chi connectivity index (χ4n) is 2.80. The van der Waals surface area contributed by atoms with Gasteiger partial charge in [-0.3, -0.25) is 4.90 Å². The Kier molecular flexibility index (Phi) is 5.30. The predicted octanol–water partition coefficient (Wildman–Crippen LogP) is 2.20. The standard InChI is InChI=1S/C16H19N3O2S2/c17-6-14-13-3-4-19(8-15(13)23-16(14)18)7-11(20)9-21-10-12-2-1-5-22-12/h1-2,5,11,20H,3-4,7-10,18H2. The molecule has 1 aliphatic rings. The smallest absolute Gasteiger partial charge is 0.104 e. The SMILES string of the molecule is N#Cc1c(N)sc2c1CCN(CC(O)COCc1cccs1)C2. The number of nitrogen functional groups attached to an aromatic ring is 1. The lowest BCUT2D eigenvalue weighted by Crippen LogP contribution is -2.38. The molecule has 1 atom stereocenters. The zero-order valence-corrected chi connectivity index (χ0v) is 14.3. The summed E-state index contributed by atoms with van der Waals surface area (Å²) in [6.45, 7) is 3.03. The summed E-state index contributed by atoms with van der Waals surface area (Å²) in [5.41, 5.74) is 7.63. The average Bonchev–Trinajstić information content (AvgIpc) is 3.13. The fraction of sp³-hybridized carbons (Fsp3) is 0.438. The third-order valence-electron chi connectivity index (χ3n) is 3.88. The monoisotopic (exact) mass is 349 g/mol. The minimum Gasteiger partial charge on any atom is -0.389 e. The van der Waals surface area contributed by atoms with Crippen molar-refractivity contribution in [1.29, 1.82) is 5.26 Å². The van der Waals surface area contributed by atoms with E-state index in [0.717, 1.165) is 34.8 Å². The Labute approximate surface area is 143 Å². The van der Waals surface area contributed by atoms with Gasteiger partial charge in [0.2, 0.25) is 0 Å². The Bertz CT molecular complexity index is 691. The molecule has 3 N–H and O–H groups in total. The van der Waals surface area contributed by atoms with Crippen LogP contribution < -0.4 is 5.73 Å². The summed E-state index contributed by atoms with van der Waals surface area (Å²) in [4.78, 5) is 4.51. The van der Waals surface area contributed by atoms with Crippen molar-refractivity contribution in [1.82, 2.24) is 4.90 Å². The number of ether oxygens (including phenoxy) is 1. The van der Waals surface area contributed by atoms with E-state index in [1.165, 1.54) is 11.3 Å². The molecule has 1 aliphatic heterocycles. The molecule has 0 fully saturated rings. The summed E-state index contributed by atoms with van der Waals surface area (Å²) in [6, 6.07) is 6.22. The number of rotatable bonds is 6. The molecule has 0 radical (unpaired) electrons. The number of nitrogens with zero attached hydrogens (tertiary/aromatic N) is 2. The third kappa shape index (κ3) is 3.91. The number of nitriles is 1. The fourth-order valence-corrected chi connectivity index (χ4v) is 4.55. The maximum Gasteiger partial charge on any atom is 0.104 e. The highest BCUT2D eigenvalue weighted by Gasteiger charge is 2.24. The molecular weight excluding hydrogens is 330 g/mol. The van der Waals surface area contributed by atoms with Crippen LogP contribution in [0.25, 0.3) is 0 Å². The molecule has 7 heteroatoms. The van der Waals surface area contributed by atoms with E-state index in [4.69, 9.17) is 15.7 Å². The first kappa shape index (κ1) is 16.4. The van der Waals surface area contributed by atoms with E-state index in [1.807, 2.05) is 17.5 Å². The summed E-state index contributed by atoms with van der Waals surface area (Å²) in [5.74, 6) is 0. The van der Waals surface area contributed by atoms with Crippen LogP contribution in [0.1, 0.15) is 20.9 Å². The van der Waals surface area contributed by atoms with Crippen LogP contribution in [0.3, 0.4) is 0 Å². The van der Waals surface area contributed by atoms with E-state index < -0.39 is 6.10 Å². The van der Waals surface area contributed by atoms with Gasteiger partial charge in [-0.05, 0) is 23.4 Å². The van der Waals surface area contributed by atoms with Crippen LogP contribution in [0.4, 0.5) is 5.00 Å².